The lowest BCUT2D eigenvalue weighted by Gasteiger charge is -2.39. The zero-order valence-electron chi connectivity index (χ0n) is 11.9. The van der Waals surface area contributed by atoms with Crippen LogP contribution >= 0.6 is 0 Å². The van der Waals surface area contributed by atoms with E-state index < -0.39 is 20.5 Å². The van der Waals surface area contributed by atoms with Crippen molar-refractivity contribution < 1.29 is 18.1 Å². The van der Waals surface area contributed by atoms with E-state index >= 15 is 0 Å². The van der Waals surface area contributed by atoms with Crippen LogP contribution in [0, 0.1) is 10.1 Å². The van der Waals surface area contributed by atoms with Gasteiger partial charge in [-0.3, -0.25) is 10.1 Å². The highest BCUT2D eigenvalue weighted by Gasteiger charge is 2.43. The van der Waals surface area contributed by atoms with Crippen LogP contribution in [0.25, 0.3) is 0 Å². The summed E-state index contributed by atoms with van der Waals surface area (Å²) in [6.07, 6.45) is 0.777. The largest absolute Gasteiger partial charge is 0.371 e. The molecule has 2 fully saturated rings. The van der Waals surface area contributed by atoms with Crippen LogP contribution in [0.2, 0.25) is 0 Å². The average molecular weight is 327 g/mol. The van der Waals surface area contributed by atoms with Crippen LogP contribution in [0.15, 0.2) is 29.2 Å². The molecule has 1 atom stereocenters. The third kappa shape index (κ3) is 2.72. The number of hydrogen-bond donors (Lipinski definition) is 1. The second-order valence-corrected chi connectivity index (χ2v) is 7.49. The van der Waals surface area contributed by atoms with Crippen LogP contribution < -0.4 is 5.32 Å². The summed E-state index contributed by atoms with van der Waals surface area (Å²) in [4.78, 5) is 10.2. The van der Waals surface area contributed by atoms with Crippen LogP contribution in [0.5, 0.6) is 0 Å². The molecular weight excluding hydrogens is 310 g/mol. The number of morpholine rings is 1. The monoisotopic (exact) mass is 327 g/mol. The van der Waals surface area contributed by atoms with Crippen molar-refractivity contribution in [3.63, 3.8) is 0 Å². The molecule has 0 radical (unpaired) electrons. The standard InChI is InChI=1S/C13H17N3O5S/c17-16(18)11-1-3-12(4-2-11)22(19,20)15-7-8-21-13(10-15)5-6-14-9-13/h1-4,14H,5-10H2. The maximum absolute atomic E-state index is 12.7. The highest BCUT2D eigenvalue weighted by atomic mass is 32.2. The molecule has 2 saturated heterocycles. The lowest BCUT2D eigenvalue weighted by molar-refractivity contribution is -0.384. The molecule has 2 aliphatic rings. The lowest BCUT2D eigenvalue weighted by atomic mass is 10.0. The van der Waals surface area contributed by atoms with Crippen molar-refractivity contribution in [1.82, 2.24) is 9.62 Å². The van der Waals surface area contributed by atoms with Crippen LogP contribution in [0.4, 0.5) is 5.69 Å². The molecule has 3 rings (SSSR count). The summed E-state index contributed by atoms with van der Waals surface area (Å²) in [6.45, 7) is 2.40. The minimum Gasteiger partial charge on any atom is -0.371 e. The molecule has 0 saturated carbocycles. The molecule has 0 aromatic heterocycles. The lowest BCUT2D eigenvalue weighted by Crippen LogP contribution is -2.54. The summed E-state index contributed by atoms with van der Waals surface area (Å²) >= 11 is 0. The number of sulfonamides is 1. The molecule has 1 N–H and O–H groups in total. The van der Waals surface area contributed by atoms with Crippen LogP contribution in [-0.4, -0.2) is 56.0 Å². The molecule has 1 spiro atoms. The summed E-state index contributed by atoms with van der Waals surface area (Å²) in [5, 5.41) is 13.8. The molecule has 0 amide bonds. The van der Waals surface area contributed by atoms with Gasteiger partial charge in [0.1, 0.15) is 0 Å². The van der Waals surface area contributed by atoms with Gasteiger partial charge < -0.3 is 10.1 Å². The Morgan fingerprint density at radius 1 is 1.32 bits per heavy atom. The van der Waals surface area contributed by atoms with Crippen molar-refractivity contribution in [2.45, 2.75) is 16.9 Å². The van der Waals surface area contributed by atoms with E-state index in [9.17, 15) is 18.5 Å². The van der Waals surface area contributed by atoms with Gasteiger partial charge >= 0.3 is 0 Å². The van der Waals surface area contributed by atoms with E-state index in [-0.39, 0.29) is 10.6 Å². The van der Waals surface area contributed by atoms with Crippen molar-refractivity contribution >= 4 is 15.7 Å². The predicted octanol–water partition coefficient (Wildman–Crippen LogP) is 0.348. The number of nitrogens with zero attached hydrogens (tertiary/aromatic N) is 2. The van der Waals surface area contributed by atoms with E-state index in [1.807, 2.05) is 0 Å². The number of rotatable bonds is 3. The normalized spacial score (nSPS) is 26.4. The van der Waals surface area contributed by atoms with Gasteiger partial charge in [-0.25, -0.2) is 8.42 Å². The van der Waals surface area contributed by atoms with Crippen LogP contribution in [0.3, 0.4) is 0 Å². The molecule has 1 unspecified atom stereocenters. The molecule has 2 aliphatic heterocycles. The molecule has 0 aliphatic carbocycles. The van der Waals surface area contributed by atoms with Gasteiger partial charge in [-0.15, -0.1) is 0 Å². The number of benzene rings is 1. The Kier molecular flexibility index (Phi) is 3.89. The molecule has 8 nitrogen and oxygen atoms in total. The van der Waals surface area contributed by atoms with Gasteiger partial charge in [-0.2, -0.15) is 4.31 Å². The summed E-state index contributed by atoms with van der Waals surface area (Å²) < 4.78 is 32.6. The third-order valence-corrected chi connectivity index (χ3v) is 5.96. The zero-order valence-corrected chi connectivity index (χ0v) is 12.7. The number of nitro benzene ring substituents is 1. The molecule has 120 valence electrons. The second-order valence-electron chi connectivity index (χ2n) is 5.55. The Morgan fingerprint density at radius 3 is 2.64 bits per heavy atom. The molecule has 1 aromatic rings. The number of non-ortho nitro benzene ring substituents is 1. The Hall–Kier alpha value is -1.55. The minimum absolute atomic E-state index is 0.0705. The fraction of sp³-hybridized carbons (Fsp3) is 0.538. The number of hydrogen-bond acceptors (Lipinski definition) is 6. The SMILES string of the molecule is O=[N+]([O-])c1ccc(S(=O)(=O)N2CCOC3(CCNC3)C2)cc1. The molecule has 9 heteroatoms. The summed E-state index contributed by atoms with van der Waals surface area (Å²) in [5.41, 5.74) is -0.580. The number of nitrogens with one attached hydrogen (secondary N) is 1. The summed E-state index contributed by atoms with van der Waals surface area (Å²) in [5.74, 6) is 0. The smallest absolute Gasteiger partial charge is 0.269 e. The van der Waals surface area contributed by atoms with Gasteiger partial charge in [-0.1, -0.05) is 0 Å². The first-order valence-electron chi connectivity index (χ1n) is 7.02. The van der Waals surface area contributed by atoms with Crippen molar-refractivity contribution in [1.29, 1.82) is 0 Å². The predicted molar refractivity (Wildman–Crippen MR) is 78.0 cm³/mol. The van der Waals surface area contributed by atoms with E-state index in [2.05, 4.69) is 5.32 Å². The number of nitro groups is 1. The second kappa shape index (κ2) is 5.58. The van der Waals surface area contributed by atoms with Crippen molar-refractivity contribution in [2.75, 3.05) is 32.8 Å². The molecule has 0 bridgehead atoms. The first kappa shape index (κ1) is 15.3. The number of ether oxygens (including phenoxy) is 1. The third-order valence-electron chi connectivity index (χ3n) is 4.10. The van der Waals surface area contributed by atoms with Gasteiger partial charge in [-0.05, 0) is 25.1 Å². The van der Waals surface area contributed by atoms with Gasteiger partial charge in [0.15, 0.2) is 0 Å². The topological polar surface area (TPSA) is 102 Å². The summed E-state index contributed by atoms with van der Waals surface area (Å²) in [6, 6.07) is 4.98. The van der Waals surface area contributed by atoms with Gasteiger partial charge in [0.25, 0.3) is 5.69 Å². The maximum Gasteiger partial charge on any atom is 0.269 e. The molecule has 1 aromatic carbocycles. The van der Waals surface area contributed by atoms with Gasteiger partial charge in [0, 0.05) is 31.8 Å². The first-order chi connectivity index (χ1) is 10.4. The van der Waals surface area contributed by atoms with Crippen molar-refractivity contribution in [3.05, 3.63) is 34.4 Å². The quantitative estimate of drug-likeness (QED) is 0.635. The van der Waals surface area contributed by atoms with E-state index in [0.717, 1.165) is 13.0 Å². The molecule has 2 heterocycles. The zero-order chi connectivity index (χ0) is 15.8. The first-order valence-corrected chi connectivity index (χ1v) is 8.46. The molecule has 22 heavy (non-hydrogen) atoms. The van der Waals surface area contributed by atoms with E-state index in [1.165, 1.54) is 28.6 Å². The van der Waals surface area contributed by atoms with E-state index in [1.54, 1.807) is 0 Å². The minimum atomic E-state index is -3.66. The summed E-state index contributed by atoms with van der Waals surface area (Å²) in [7, 11) is -3.66. The van der Waals surface area contributed by atoms with Crippen LogP contribution in [0.1, 0.15) is 6.42 Å². The Bertz CT molecular complexity index is 667. The van der Waals surface area contributed by atoms with E-state index in [0.29, 0.717) is 26.2 Å². The van der Waals surface area contributed by atoms with Gasteiger partial charge in [0.2, 0.25) is 10.0 Å². The maximum atomic E-state index is 12.7. The Labute approximate surface area is 128 Å². The van der Waals surface area contributed by atoms with Crippen molar-refractivity contribution in [2.24, 2.45) is 0 Å². The van der Waals surface area contributed by atoms with Gasteiger partial charge in [0.05, 0.1) is 22.0 Å². The van der Waals surface area contributed by atoms with E-state index in [4.69, 9.17) is 4.74 Å². The highest BCUT2D eigenvalue weighted by molar-refractivity contribution is 7.89. The van der Waals surface area contributed by atoms with Crippen LogP contribution in [-0.2, 0) is 14.8 Å². The average Bonchev–Trinajstić information content (AvgIpc) is 2.95. The fourth-order valence-electron chi connectivity index (χ4n) is 2.88. The Balaban J connectivity index is 1.84. The van der Waals surface area contributed by atoms with Crippen molar-refractivity contribution in [3.8, 4) is 0 Å². The molecular formula is C13H17N3O5S. The Morgan fingerprint density at radius 2 is 2.05 bits per heavy atom. The highest BCUT2D eigenvalue weighted by Crippen LogP contribution is 2.28. The fourth-order valence-corrected chi connectivity index (χ4v) is 4.38.